The molecule has 3 nitrogen and oxygen atoms in total. The molecule has 0 heterocycles. The second-order valence-electron chi connectivity index (χ2n) is 3.24. The Labute approximate surface area is 100 Å². The van der Waals surface area contributed by atoms with Crippen molar-refractivity contribution in [1.29, 1.82) is 0 Å². The maximum absolute atomic E-state index is 10.4. The molecule has 0 fully saturated rings. The van der Waals surface area contributed by atoms with E-state index in [0.717, 1.165) is 0 Å². The van der Waals surface area contributed by atoms with Crippen LogP contribution in [0.4, 0.5) is 0 Å². The van der Waals surface area contributed by atoms with E-state index in [1.807, 2.05) is 24.3 Å². The van der Waals surface area contributed by atoms with E-state index < -0.39 is 0 Å². The first-order valence-electron chi connectivity index (χ1n) is 5.16. The van der Waals surface area contributed by atoms with Crippen molar-refractivity contribution >= 4 is 5.97 Å². The minimum absolute atomic E-state index is 0.286. The number of carbonyl (C=O) groups is 1. The molecular weight excluding hydrogens is 216 g/mol. The Bertz CT molecular complexity index is 438. The molecule has 0 radical (unpaired) electrons. The molecular formula is C14H14O3. The molecule has 0 aromatic heterocycles. The monoisotopic (exact) mass is 230 g/mol. The number of carbonyl (C=O) groups excluding carboxylic acids is 1. The average molecular weight is 230 g/mol. The van der Waals surface area contributed by atoms with Gasteiger partial charge in [0, 0.05) is 6.92 Å². The van der Waals surface area contributed by atoms with Gasteiger partial charge in [-0.15, -0.1) is 0 Å². The van der Waals surface area contributed by atoms with Crippen molar-refractivity contribution in [3.05, 3.63) is 60.7 Å². The second kappa shape index (κ2) is 7.06. The van der Waals surface area contributed by atoms with Crippen molar-refractivity contribution in [2.45, 2.75) is 6.92 Å². The van der Waals surface area contributed by atoms with Gasteiger partial charge in [-0.1, -0.05) is 36.4 Å². The van der Waals surface area contributed by atoms with Crippen molar-refractivity contribution in [1.82, 2.24) is 0 Å². The third-order valence-electron chi connectivity index (χ3n) is 1.76. The molecule has 1 N–H and O–H groups in total. The maximum atomic E-state index is 10.4. The molecule has 3 heteroatoms. The lowest BCUT2D eigenvalue weighted by Crippen LogP contribution is -2.00. The van der Waals surface area contributed by atoms with Crippen molar-refractivity contribution in [3.63, 3.8) is 0 Å². The highest BCUT2D eigenvalue weighted by Gasteiger charge is 1.92. The summed E-state index contributed by atoms with van der Waals surface area (Å²) in [5, 5.41) is 8.63. The standard InChI is InChI=1S/C8H8O2.C6H6O/c1-7(9)10-8-5-3-2-4-6-8;7-6-4-2-1-3-5-6/h2-6H,1H3;1-5,7H. The lowest BCUT2D eigenvalue weighted by molar-refractivity contribution is -0.131. The molecule has 0 aliphatic heterocycles. The molecule has 0 bridgehead atoms. The van der Waals surface area contributed by atoms with E-state index in [1.54, 1.807) is 36.4 Å². The van der Waals surface area contributed by atoms with Gasteiger partial charge in [0.2, 0.25) is 0 Å². The van der Waals surface area contributed by atoms with Crippen LogP contribution in [-0.2, 0) is 4.79 Å². The number of rotatable bonds is 1. The minimum atomic E-state index is -0.286. The highest BCUT2D eigenvalue weighted by molar-refractivity contribution is 5.69. The van der Waals surface area contributed by atoms with E-state index in [1.165, 1.54) is 6.92 Å². The normalized spacial score (nSPS) is 8.76. The molecule has 88 valence electrons. The molecule has 2 aromatic carbocycles. The average Bonchev–Trinajstić information content (AvgIpc) is 2.31. The third kappa shape index (κ3) is 5.99. The van der Waals surface area contributed by atoms with Crippen LogP contribution in [0.25, 0.3) is 0 Å². The van der Waals surface area contributed by atoms with Crippen LogP contribution in [-0.4, -0.2) is 11.1 Å². The lowest BCUT2D eigenvalue weighted by Gasteiger charge is -1.97. The molecule has 0 aliphatic carbocycles. The predicted molar refractivity (Wildman–Crippen MR) is 65.9 cm³/mol. The molecule has 2 rings (SSSR count). The second-order valence-corrected chi connectivity index (χ2v) is 3.24. The van der Waals surface area contributed by atoms with Crippen molar-refractivity contribution in [3.8, 4) is 11.5 Å². The summed E-state index contributed by atoms with van der Waals surface area (Å²) in [5.74, 6) is 0.628. The van der Waals surface area contributed by atoms with Crippen molar-refractivity contribution < 1.29 is 14.6 Å². The molecule has 0 amide bonds. The van der Waals surface area contributed by atoms with Gasteiger partial charge in [-0.05, 0) is 24.3 Å². The molecule has 0 spiro atoms. The van der Waals surface area contributed by atoms with Crippen LogP contribution in [0.5, 0.6) is 11.5 Å². The first kappa shape index (κ1) is 12.8. The van der Waals surface area contributed by atoms with E-state index in [4.69, 9.17) is 9.84 Å². The first-order valence-corrected chi connectivity index (χ1v) is 5.16. The van der Waals surface area contributed by atoms with E-state index in [0.29, 0.717) is 11.5 Å². The molecule has 0 saturated carbocycles. The van der Waals surface area contributed by atoms with Crippen LogP contribution in [0.3, 0.4) is 0 Å². The zero-order valence-electron chi connectivity index (χ0n) is 9.54. The van der Waals surface area contributed by atoms with Gasteiger partial charge in [0.05, 0.1) is 0 Å². The van der Waals surface area contributed by atoms with Crippen LogP contribution in [0, 0.1) is 0 Å². The van der Waals surface area contributed by atoms with Gasteiger partial charge in [0.25, 0.3) is 0 Å². The Morgan fingerprint density at radius 3 is 1.76 bits per heavy atom. The summed E-state index contributed by atoms with van der Waals surface area (Å²) in [7, 11) is 0. The third-order valence-corrected chi connectivity index (χ3v) is 1.76. The van der Waals surface area contributed by atoms with E-state index in [9.17, 15) is 4.79 Å². The van der Waals surface area contributed by atoms with Gasteiger partial charge in [-0.2, -0.15) is 0 Å². The Hall–Kier alpha value is -2.29. The van der Waals surface area contributed by atoms with Crippen molar-refractivity contribution in [2.24, 2.45) is 0 Å². The fraction of sp³-hybridized carbons (Fsp3) is 0.0714. The Morgan fingerprint density at radius 1 is 0.941 bits per heavy atom. The molecule has 2 aromatic rings. The maximum Gasteiger partial charge on any atom is 0.308 e. The van der Waals surface area contributed by atoms with Crippen LogP contribution < -0.4 is 4.74 Å². The number of benzene rings is 2. The topological polar surface area (TPSA) is 46.5 Å². The number of hydrogen-bond acceptors (Lipinski definition) is 3. The predicted octanol–water partition coefficient (Wildman–Crippen LogP) is 3.00. The molecule has 0 atom stereocenters. The molecule has 0 unspecified atom stereocenters. The Morgan fingerprint density at radius 2 is 1.41 bits per heavy atom. The van der Waals surface area contributed by atoms with Gasteiger partial charge in [-0.3, -0.25) is 4.79 Å². The molecule has 0 aliphatic rings. The molecule has 17 heavy (non-hydrogen) atoms. The number of aromatic hydroxyl groups is 1. The van der Waals surface area contributed by atoms with Gasteiger partial charge >= 0.3 is 5.97 Å². The van der Waals surface area contributed by atoms with Crippen molar-refractivity contribution in [2.75, 3.05) is 0 Å². The zero-order chi connectivity index (χ0) is 12.5. The summed E-state index contributed by atoms with van der Waals surface area (Å²) in [6.07, 6.45) is 0. The summed E-state index contributed by atoms with van der Waals surface area (Å²) < 4.78 is 4.78. The Balaban J connectivity index is 0.000000181. The van der Waals surface area contributed by atoms with Crippen LogP contribution in [0.1, 0.15) is 6.92 Å². The highest BCUT2D eigenvalue weighted by Crippen LogP contribution is 2.07. The SMILES string of the molecule is CC(=O)Oc1ccccc1.Oc1ccccc1. The summed E-state index contributed by atoms with van der Waals surface area (Å²) in [6, 6.07) is 17.7. The number of para-hydroxylation sites is 2. The van der Waals surface area contributed by atoms with Gasteiger partial charge in [0.1, 0.15) is 11.5 Å². The van der Waals surface area contributed by atoms with E-state index in [-0.39, 0.29) is 5.97 Å². The number of esters is 1. The van der Waals surface area contributed by atoms with Crippen LogP contribution in [0.2, 0.25) is 0 Å². The Kier molecular flexibility index (Phi) is 5.31. The van der Waals surface area contributed by atoms with Crippen LogP contribution >= 0.6 is 0 Å². The van der Waals surface area contributed by atoms with E-state index in [2.05, 4.69) is 0 Å². The minimum Gasteiger partial charge on any atom is -0.508 e. The van der Waals surface area contributed by atoms with Crippen LogP contribution in [0.15, 0.2) is 60.7 Å². The number of phenolic OH excluding ortho intramolecular Hbond substituents is 1. The lowest BCUT2D eigenvalue weighted by atomic mass is 10.3. The van der Waals surface area contributed by atoms with Gasteiger partial charge in [-0.25, -0.2) is 0 Å². The number of phenols is 1. The first-order chi connectivity index (χ1) is 8.18. The summed E-state index contributed by atoms with van der Waals surface area (Å²) >= 11 is 0. The highest BCUT2D eigenvalue weighted by atomic mass is 16.5. The summed E-state index contributed by atoms with van der Waals surface area (Å²) in [4.78, 5) is 10.4. The van der Waals surface area contributed by atoms with Gasteiger partial charge < -0.3 is 9.84 Å². The van der Waals surface area contributed by atoms with Gasteiger partial charge in [0.15, 0.2) is 0 Å². The largest absolute Gasteiger partial charge is 0.508 e. The fourth-order valence-corrected chi connectivity index (χ4v) is 1.08. The summed E-state index contributed by atoms with van der Waals surface area (Å²) in [5.41, 5.74) is 0. The number of ether oxygens (including phenoxy) is 1. The zero-order valence-corrected chi connectivity index (χ0v) is 9.54. The number of hydrogen-bond donors (Lipinski definition) is 1. The smallest absolute Gasteiger partial charge is 0.308 e. The van der Waals surface area contributed by atoms with E-state index >= 15 is 0 Å². The quantitative estimate of drug-likeness (QED) is 0.605. The summed E-state index contributed by atoms with van der Waals surface area (Å²) in [6.45, 7) is 1.38. The fourth-order valence-electron chi connectivity index (χ4n) is 1.08. The molecule has 0 saturated heterocycles.